The molecule has 0 bridgehead atoms. The van der Waals surface area contributed by atoms with Crippen LogP contribution in [0, 0.1) is 22.7 Å². The van der Waals surface area contributed by atoms with Crippen molar-refractivity contribution in [1.82, 2.24) is 4.67 Å². The highest BCUT2D eigenvalue weighted by atomic mass is 31.2. The zero-order valence-electron chi connectivity index (χ0n) is 12.0. The van der Waals surface area contributed by atoms with Gasteiger partial charge in [-0.05, 0) is 27.7 Å². The summed E-state index contributed by atoms with van der Waals surface area (Å²) in [6.45, 7) is 7.69. The van der Waals surface area contributed by atoms with Crippen LogP contribution in [0.15, 0.2) is 0 Å². The van der Waals surface area contributed by atoms with Crippen LogP contribution in [0.2, 0.25) is 0 Å². The van der Waals surface area contributed by atoms with Crippen LogP contribution in [0.5, 0.6) is 0 Å². The predicted molar refractivity (Wildman–Crippen MR) is 72.1 cm³/mol. The molecule has 0 rings (SSSR count). The van der Waals surface area contributed by atoms with E-state index >= 15 is 0 Å². The highest BCUT2D eigenvalue weighted by Gasteiger charge is 2.37. The summed E-state index contributed by atoms with van der Waals surface area (Å²) in [7, 11) is -3.47. The Labute approximate surface area is 115 Å². The van der Waals surface area contributed by atoms with Gasteiger partial charge in [-0.3, -0.25) is 9.05 Å². The predicted octanol–water partition coefficient (Wildman–Crippen LogP) is 3.07. The van der Waals surface area contributed by atoms with E-state index in [1.165, 1.54) is 0 Å². The largest absolute Gasteiger partial charge is 0.408 e. The molecule has 7 heteroatoms. The first-order valence-electron chi connectivity index (χ1n) is 6.31. The Morgan fingerprint density at radius 3 is 1.63 bits per heavy atom. The Morgan fingerprint density at radius 1 is 1.00 bits per heavy atom. The van der Waals surface area contributed by atoms with Crippen molar-refractivity contribution >= 4 is 7.75 Å². The summed E-state index contributed by atoms with van der Waals surface area (Å²) >= 11 is 0. The van der Waals surface area contributed by atoms with Crippen molar-refractivity contribution in [3.05, 3.63) is 0 Å². The fourth-order valence-electron chi connectivity index (χ4n) is 1.75. The molecule has 0 atom stereocenters. The van der Waals surface area contributed by atoms with Crippen molar-refractivity contribution in [2.75, 3.05) is 13.2 Å². The van der Waals surface area contributed by atoms with Crippen molar-refractivity contribution in [2.45, 2.75) is 52.6 Å². The second-order valence-electron chi connectivity index (χ2n) is 4.52. The third-order valence-electron chi connectivity index (χ3n) is 2.28. The minimum Gasteiger partial charge on any atom is -0.296 e. The maximum Gasteiger partial charge on any atom is 0.408 e. The molecule has 0 aliphatic rings. The average molecular weight is 287 g/mol. The lowest BCUT2D eigenvalue weighted by Crippen LogP contribution is -2.35. The maximum atomic E-state index is 12.8. The highest BCUT2D eigenvalue weighted by Crippen LogP contribution is 2.54. The zero-order chi connectivity index (χ0) is 14.9. The van der Waals surface area contributed by atoms with Gasteiger partial charge < -0.3 is 0 Å². The van der Waals surface area contributed by atoms with Crippen molar-refractivity contribution < 1.29 is 13.6 Å². The Hall–Kier alpha value is -0.910. The van der Waals surface area contributed by atoms with Gasteiger partial charge in [0.05, 0.1) is 38.2 Å². The second kappa shape index (κ2) is 9.07. The number of hydrogen-bond acceptors (Lipinski definition) is 5. The lowest BCUT2D eigenvalue weighted by atomic mass is 10.3. The highest BCUT2D eigenvalue weighted by molar-refractivity contribution is 7.51. The van der Waals surface area contributed by atoms with Crippen LogP contribution < -0.4 is 0 Å². The van der Waals surface area contributed by atoms with Crippen LogP contribution in [0.4, 0.5) is 0 Å². The topological polar surface area (TPSA) is 86.3 Å². The summed E-state index contributed by atoms with van der Waals surface area (Å²) in [6, 6.07) is 3.80. The molecule has 0 aromatic carbocycles. The van der Waals surface area contributed by atoms with Crippen LogP contribution in [0.25, 0.3) is 0 Å². The molecule has 0 radical (unpaired) electrons. The lowest BCUT2D eigenvalue weighted by Gasteiger charge is -2.35. The molecule has 0 aromatic rings. The summed E-state index contributed by atoms with van der Waals surface area (Å²) in [5.74, 6) is 0. The minimum atomic E-state index is -3.47. The van der Waals surface area contributed by atoms with Gasteiger partial charge in [0, 0.05) is 12.1 Å². The normalized spacial score (nSPS) is 11.8. The zero-order valence-corrected chi connectivity index (χ0v) is 12.9. The van der Waals surface area contributed by atoms with Crippen molar-refractivity contribution in [3.8, 4) is 12.1 Å². The van der Waals surface area contributed by atoms with E-state index in [-0.39, 0.29) is 38.1 Å². The van der Waals surface area contributed by atoms with E-state index in [9.17, 15) is 4.57 Å². The van der Waals surface area contributed by atoms with Gasteiger partial charge in [-0.25, -0.2) is 9.24 Å². The van der Waals surface area contributed by atoms with E-state index < -0.39 is 7.75 Å². The average Bonchev–Trinajstić information content (AvgIpc) is 2.28. The molecule has 0 spiro atoms. The Kier molecular flexibility index (Phi) is 8.63. The molecule has 0 aliphatic carbocycles. The molecule has 0 heterocycles. The summed E-state index contributed by atoms with van der Waals surface area (Å²) in [4.78, 5) is 0. The fourth-order valence-corrected chi connectivity index (χ4v) is 3.86. The smallest absolute Gasteiger partial charge is 0.296 e. The third kappa shape index (κ3) is 6.18. The van der Waals surface area contributed by atoms with Gasteiger partial charge in [-0.2, -0.15) is 10.5 Å². The van der Waals surface area contributed by atoms with E-state index in [1.807, 2.05) is 39.8 Å². The van der Waals surface area contributed by atoms with Gasteiger partial charge in [0.2, 0.25) is 0 Å². The molecule has 0 saturated carbocycles. The summed E-state index contributed by atoms with van der Waals surface area (Å²) < 4.78 is 25.1. The number of hydrogen-bond donors (Lipinski definition) is 0. The maximum absolute atomic E-state index is 12.8. The van der Waals surface area contributed by atoms with Crippen LogP contribution in [0.1, 0.15) is 40.5 Å². The molecule has 19 heavy (non-hydrogen) atoms. The van der Waals surface area contributed by atoms with Crippen molar-refractivity contribution in [2.24, 2.45) is 0 Å². The van der Waals surface area contributed by atoms with E-state index in [4.69, 9.17) is 19.6 Å². The molecule has 0 saturated heterocycles. The van der Waals surface area contributed by atoms with Crippen LogP contribution in [-0.4, -0.2) is 30.0 Å². The lowest BCUT2D eigenvalue weighted by molar-refractivity contribution is 0.135. The number of nitriles is 2. The molecule has 0 N–H and O–H groups in total. The SMILES string of the molecule is CC(C)N(C(C)C)P(=O)(OCCC#N)OCCC#N. The van der Waals surface area contributed by atoms with Gasteiger partial charge in [0.15, 0.2) is 0 Å². The van der Waals surface area contributed by atoms with Crippen LogP contribution >= 0.6 is 7.75 Å². The first-order chi connectivity index (χ1) is 8.89. The van der Waals surface area contributed by atoms with Crippen LogP contribution in [0.3, 0.4) is 0 Å². The molecule has 0 aromatic heterocycles. The molecule has 0 unspecified atom stereocenters. The fraction of sp³-hybridized carbons (Fsp3) is 0.833. The quantitative estimate of drug-likeness (QED) is 0.478. The summed E-state index contributed by atoms with van der Waals surface area (Å²) in [5.41, 5.74) is 0. The van der Waals surface area contributed by atoms with Gasteiger partial charge in [0.25, 0.3) is 0 Å². The van der Waals surface area contributed by atoms with E-state index in [0.717, 1.165) is 0 Å². The summed E-state index contributed by atoms with van der Waals surface area (Å²) in [6.07, 6.45) is 0.297. The van der Waals surface area contributed by atoms with Gasteiger partial charge in [-0.15, -0.1) is 0 Å². The molecule has 0 aliphatic heterocycles. The minimum absolute atomic E-state index is 0.0324. The second-order valence-corrected chi connectivity index (χ2v) is 6.43. The number of rotatable bonds is 9. The Bertz CT molecular complexity index is 353. The van der Waals surface area contributed by atoms with Gasteiger partial charge in [0.1, 0.15) is 0 Å². The van der Waals surface area contributed by atoms with Crippen LogP contribution in [-0.2, 0) is 13.6 Å². The van der Waals surface area contributed by atoms with E-state index in [1.54, 1.807) is 4.67 Å². The molecule has 0 amide bonds. The van der Waals surface area contributed by atoms with Gasteiger partial charge in [-0.1, -0.05) is 0 Å². The monoisotopic (exact) mass is 287 g/mol. The molecular formula is C12H22N3O3P. The Balaban J connectivity index is 4.95. The third-order valence-corrected chi connectivity index (χ3v) is 4.78. The first-order valence-corrected chi connectivity index (χ1v) is 7.80. The van der Waals surface area contributed by atoms with Crippen molar-refractivity contribution in [1.29, 1.82) is 10.5 Å². The molecule has 108 valence electrons. The van der Waals surface area contributed by atoms with Gasteiger partial charge >= 0.3 is 7.75 Å². The number of nitrogens with zero attached hydrogens (tertiary/aromatic N) is 3. The molecule has 0 fully saturated rings. The Morgan fingerprint density at radius 2 is 1.37 bits per heavy atom. The first kappa shape index (κ1) is 18.1. The van der Waals surface area contributed by atoms with E-state index in [2.05, 4.69) is 0 Å². The summed E-state index contributed by atoms with van der Waals surface area (Å²) in [5, 5.41) is 17.0. The standard InChI is InChI=1S/C12H22N3O3P/c1-11(2)15(12(3)4)19(16,17-9-5-7-13)18-10-6-8-14/h11-12H,5-6,9-10H2,1-4H3. The van der Waals surface area contributed by atoms with Crippen molar-refractivity contribution in [3.63, 3.8) is 0 Å². The van der Waals surface area contributed by atoms with E-state index in [0.29, 0.717) is 0 Å². The molecular weight excluding hydrogens is 265 g/mol. The molecule has 6 nitrogen and oxygen atoms in total.